The van der Waals surface area contributed by atoms with Crippen molar-refractivity contribution in [1.82, 2.24) is 10.2 Å². The van der Waals surface area contributed by atoms with E-state index in [1.165, 1.54) is 74.2 Å². The molecule has 1 saturated carbocycles. The van der Waals surface area contributed by atoms with E-state index in [4.69, 9.17) is 0 Å². The molecule has 1 aliphatic carbocycles. The third-order valence-electron chi connectivity index (χ3n) is 6.31. The van der Waals surface area contributed by atoms with Gasteiger partial charge in [-0.3, -0.25) is 5.32 Å². The molecule has 2 aromatic rings. The summed E-state index contributed by atoms with van der Waals surface area (Å²) in [5.74, 6) is 0.665. The van der Waals surface area contributed by atoms with Gasteiger partial charge in [-0.15, -0.1) is 11.3 Å². The Labute approximate surface area is 185 Å². The standard InChI is InChI=1S/C25H35N3OS/c1-2-3-4-5-15-28-16-13-19(14-17-28)20-7-6-8-21(18-20)23-11-12-24(30-23)27-25(29)26-22-9-10-22/h6-8,11-12,18-19,22H,2-5,9-10,13-17H2,1H3,(H2,26,27,29). The fourth-order valence-electron chi connectivity index (χ4n) is 4.32. The second kappa shape index (κ2) is 10.5. The van der Waals surface area contributed by atoms with Crippen LogP contribution in [-0.2, 0) is 0 Å². The lowest BCUT2D eigenvalue weighted by Gasteiger charge is -2.32. The maximum absolute atomic E-state index is 12.0. The molecular weight excluding hydrogens is 390 g/mol. The van der Waals surface area contributed by atoms with Gasteiger partial charge in [0.05, 0.1) is 5.00 Å². The summed E-state index contributed by atoms with van der Waals surface area (Å²) in [6.07, 6.45) is 10.1. The third-order valence-corrected chi connectivity index (χ3v) is 7.36. The Bertz CT molecular complexity index is 821. The Balaban J connectivity index is 1.30. The quantitative estimate of drug-likeness (QED) is 0.453. The second-order valence-corrected chi connectivity index (χ2v) is 9.92. The zero-order valence-corrected chi connectivity index (χ0v) is 19.0. The fraction of sp³-hybridized carbons (Fsp3) is 0.560. The Morgan fingerprint density at radius 3 is 2.67 bits per heavy atom. The van der Waals surface area contributed by atoms with E-state index in [-0.39, 0.29) is 6.03 Å². The van der Waals surface area contributed by atoms with Crippen molar-refractivity contribution in [2.24, 2.45) is 0 Å². The second-order valence-electron chi connectivity index (χ2n) is 8.84. The first kappa shape index (κ1) is 21.4. The summed E-state index contributed by atoms with van der Waals surface area (Å²) in [4.78, 5) is 15.8. The number of thiophene rings is 1. The average Bonchev–Trinajstić information content (AvgIpc) is 3.46. The van der Waals surface area contributed by atoms with E-state index in [9.17, 15) is 4.79 Å². The lowest BCUT2D eigenvalue weighted by atomic mass is 9.88. The molecule has 0 spiro atoms. The largest absolute Gasteiger partial charge is 0.335 e. The lowest BCUT2D eigenvalue weighted by molar-refractivity contribution is 0.208. The molecule has 0 radical (unpaired) electrons. The predicted molar refractivity (Wildman–Crippen MR) is 127 cm³/mol. The molecule has 4 rings (SSSR count). The summed E-state index contributed by atoms with van der Waals surface area (Å²) < 4.78 is 0. The summed E-state index contributed by atoms with van der Waals surface area (Å²) in [7, 11) is 0. The molecule has 5 heteroatoms. The maximum atomic E-state index is 12.0. The molecule has 2 fully saturated rings. The molecule has 2 amide bonds. The number of hydrogen-bond acceptors (Lipinski definition) is 3. The van der Waals surface area contributed by atoms with E-state index in [0.717, 1.165) is 17.8 Å². The molecule has 0 unspecified atom stereocenters. The van der Waals surface area contributed by atoms with E-state index >= 15 is 0 Å². The van der Waals surface area contributed by atoms with E-state index in [2.05, 4.69) is 52.8 Å². The number of benzene rings is 1. The molecule has 0 bridgehead atoms. The van der Waals surface area contributed by atoms with Crippen molar-refractivity contribution in [3.63, 3.8) is 0 Å². The minimum absolute atomic E-state index is 0.0823. The molecule has 2 heterocycles. The molecule has 30 heavy (non-hydrogen) atoms. The Hall–Kier alpha value is -1.85. The molecule has 2 aliphatic rings. The van der Waals surface area contributed by atoms with Gasteiger partial charge in [0.15, 0.2) is 0 Å². The van der Waals surface area contributed by atoms with Crippen LogP contribution in [0.5, 0.6) is 0 Å². The summed E-state index contributed by atoms with van der Waals surface area (Å²) in [6, 6.07) is 13.5. The number of likely N-dealkylation sites (tertiary alicyclic amines) is 1. The third kappa shape index (κ3) is 6.08. The highest BCUT2D eigenvalue weighted by Crippen LogP contribution is 2.35. The number of piperidine rings is 1. The molecule has 0 atom stereocenters. The topological polar surface area (TPSA) is 44.4 Å². The van der Waals surface area contributed by atoms with Gasteiger partial charge in [0, 0.05) is 10.9 Å². The van der Waals surface area contributed by atoms with E-state index < -0.39 is 0 Å². The van der Waals surface area contributed by atoms with Crippen LogP contribution >= 0.6 is 11.3 Å². The number of hydrogen-bond donors (Lipinski definition) is 2. The van der Waals surface area contributed by atoms with Crippen LogP contribution in [0, 0.1) is 0 Å². The molecular formula is C25H35N3OS. The summed E-state index contributed by atoms with van der Waals surface area (Å²) in [6.45, 7) is 6.00. The van der Waals surface area contributed by atoms with Gasteiger partial charge in [-0.1, -0.05) is 50.5 Å². The van der Waals surface area contributed by atoms with Crippen LogP contribution < -0.4 is 10.6 Å². The Kier molecular flexibility index (Phi) is 7.45. The van der Waals surface area contributed by atoms with Gasteiger partial charge in [0.25, 0.3) is 0 Å². The first-order valence-corrected chi connectivity index (χ1v) is 12.5. The number of carbonyl (C=O) groups excluding carboxylic acids is 1. The summed E-state index contributed by atoms with van der Waals surface area (Å²) in [5.41, 5.74) is 2.72. The number of anilines is 1. The Morgan fingerprint density at radius 2 is 1.90 bits per heavy atom. The van der Waals surface area contributed by atoms with Gasteiger partial charge < -0.3 is 10.2 Å². The number of nitrogens with one attached hydrogen (secondary N) is 2. The smallest absolute Gasteiger partial charge is 0.320 e. The van der Waals surface area contributed by atoms with Crippen LogP contribution in [0.25, 0.3) is 10.4 Å². The highest BCUT2D eigenvalue weighted by molar-refractivity contribution is 7.19. The van der Waals surface area contributed by atoms with Crippen molar-refractivity contribution < 1.29 is 4.79 Å². The van der Waals surface area contributed by atoms with Gasteiger partial charge in [0.2, 0.25) is 0 Å². The van der Waals surface area contributed by atoms with Crippen molar-refractivity contribution in [1.29, 1.82) is 0 Å². The number of rotatable bonds is 9. The van der Waals surface area contributed by atoms with Crippen LogP contribution in [0.3, 0.4) is 0 Å². The molecule has 1 aliphatic heterocycles. The highest BCUT2D eigenvalue weighted by atomic mass is 32.1. The van der Waals surface area contributed by atoms with Crippen LogP contribution in [0.2, 0.25) is 0 Å². The molecule has 4 nitrogen and oxygen atoms in total. The fourth-order valence-corrected chi connectivity index (χ4v) is 5.22. The average molecular weight is 426 g/mol. The lowest BCUT2D eigenvalue weighted by Crippen LogP contribution is -2.33. The minimum atomic E-state index is -0.0823. The number of amides is 2. The highest BCUT2D eigenvalue weighted by Gasteiger charge is 2.23. The van der Waals surface area contributed by atoms with Crippen molar-refractivity contribution in [3.05, 3.63) is 42.0 Å². The first-order valence-electron chi connectivity index (χ1n) is 11.7. The van der Waals surface area contributed by atoms with Crippen LogP contribution in [0.1, 0.15) is 69.8 Å². The first-order chi connectivity index (χ1) is 14.7. The molecule has 1 aromatic carbocycles. The van der Waals surface area contributed by atoms with Crippen LogP contribution in [-0.4, -0.2) is 36.6 Å². The van der Waals surface area contributed by atoms with Crippen molar-refractivity contribution >= 4 is 22.4 Å². The van der Waals surface area contributed by atoms with E-state index in [0.29, 0.717) is 12.0 Å². The van der Waals surface area contributed by atoms with Crippen molar-refractivity contribution in [2.45, 2.75) is 70.3 Å². The number of carbonyl (C=O) groups is 1. The molecule has 162 valence electrons. The van der Waals surface area contributed by atoms with Gasteiger partial charge in [-0.05, 0) is 80.9 Å². The Morgan fingerprint density at radius 1 is 1.07 bits per heavy atom. The zero-order valence-electron chi connectivity index (χ0n) is 18.2. The van der Waals surface area contributed by atoms with Crippen molar-refractivity contribution in [2.75, 3.05) is 25.0 Å². The summed E-state index contributed by atoms with van der Waals surface area (Å²) in [5, 5.41) is 6.86. The SMILES string of the molecule is CCCCCCN1CCC(c2cccc(-c3ccc(NC(=O)NC4CC4)s3)c2)CC1. The predicted octanol–water partition coefficient (Wildman–Crippen LogP) is 6.46. The van der Waals surface area contributed by atoms with Gasteiger partial charge in [0.1, 0.15) is 0 Å². The minimum Gasteiger partial charge on any atom is -0.335 e. The molecule has 1 saturated heterocycles. The van der Waals surface area contributed by atoms with Gasteiger partial charge in [-0.2, -0.15) is 0 Å². The zero-order chi connectivity index (χ0) is 20.8. The number of urea groups is 1. The molecule has 2 N–H and O–H groups in total. The van der Waals surface area contributed by atoms with Gasteiger partial charge in [-0.25, -0.2) is 4.79 Å². The number of nitrogens with zero attached hydrogens (tertiary/aromatic N) is 1. The normalized spacial score (nSPS) is 17.8. The van der Waals surface area contributed by atoms with E-state index in [1.807, 2.05) is 6.07 Å². The van der Waals surface area contributed by atoms with Gasteiger partial charge >= 0.3 is 6.03 Å². The van der Waals surface area contributed by atoms with Crippen LogP contribution in [0.4, 0.5) is 9.80 Å². The monoisotopic (exact) mass is 425 g/mol. The maximum Gasteiger partial charge on any atom is 0.320 e. The van der Waals surface area contributed by atoms with Crippen molar-refractivity contribution in [3.8, 4) is 10.4 Å². The summed E-state index contributed by atoms with van der Waals surface area (Å²) >= 11 is 1.65. The number of unbranched alkanes of at least 4 members (excludes halogenated alkanes) is 3. The van der Waals surface area contributed by atoms with Crippen LogP contribution in [0.15, 0.2) is 36.4 Å². The molecule has 1 aromatic heterocycles. The van der Waals surface area contributed by atoms with E-state index in [1.54, 1.807) is 11.3 Å².